The topological polar surface area (TPSA) is 40.7 Å². The molecule has 0 amide bonds. The Hall–Kier alpha value is -3.14. The number of aryl methyl sites for hydroxylation is 2. The molecule has 3 nitrogen and oxygen atoms in total. The highest BCUT2D eigenvalue weighted by Gasteiger charge is 2.19. The number of hydrogen-bond donors (Lipinski definition) is 2. The number of anilines is 1. The Morgan fingerprint density at radius 3 is 2.48 bits per heavy atom. The van der Waals surface area contributed by atoms with Crippen molar-refractivity contribution in [3.8, 4) is 0 Å². The van der Waals surface area contributed by atoms with Crippen molar-refractivity contribution in [2.75, 3.05) is 5.32 Å². The molecule has 0 radical (unpaired) electrons. The molecule has 2 aromatic carbocycles. The van der Waals surface area contributed by atoms with E-state index < -0.39 is 0 Å². The van der Waals surface area contributed by atoms with Crippen LogP contribution in [0.4, 0.5) is 10.1 Å². The van der Waals surface area contributed by atoms with Gasteiger partial charge in [-0.25, -0.2) is 4.39 Å². The van der Waals surface area contributed by atoms with Gasteiger partial charge < -0.3 is 10.3 Å². The van der Waals surface area contributed by atoms with Crippen LogP contribution in [0.1, 0.15) is 28.6 Å². The summed E-state index contributed by atoms with van der Waals surface area (Å²) in [5, 5.41) is 4.73. The second kappa shape index (κ2) is 7.23. The van der Waals surface area contributed by atoms with Crippen molar-refractivity contribution >= 4 is 16.6 Å². The fraction of sp³-hybridized carbons (Fsp3) is 0.174. The van der Waals surface area contributed by atoms with Gasteiger partial charge in [0.2, 0.25) is 0 Å². The number of nitrogens with zero attached hydrogens (tertiary/aromatic N) is 1. The molecule has 4 heteroatoms. The summed E-state index contributed by atoms with van der Waals surface area (Å²) in [7, 11) is 0. The molecule has 0 fully saturated rings. The fourth-order valence-electron chi connectivity index (χ4n) is 3.48. The monoisotopic (exact) mass is 359 g/mol. The molecule has 0 saturated heterocycles. The zero-order valence-electron chi connectivity index (χ0n) is 15.5. The van der Waals surface area contributed by atoms with Crippen molar-refractivity contribution in [1.82, 2.24) is 9.97 Å². The summed E-state index contributed by atoms with van der Waals surface area (Å²) >= 11 is 0. The number of pyridine rings is 1. The predicted molar refractivity (Wildman–Crippen MR) is 108 cm³/mol. The second-order valence-electron chi connectivity index (χ2n) is 6.89. The maximum Gasteiger partial charge on any atom is 0.123 e. The van der Waals surface area contributed by atoms with Gasteiger partial charge in [-0.3, -0.25) is 4.98 Å². The van der Waals surface area contributed by atoms with E-state index in [0.29, 0.717) is 0 Å². The molecule has 0 aliphatic carbocycles. The molecule has 0 spiro atoms. The van der Waals surface area contributed by atoms with E-state index in [-0.39, 0.29) is 11.9 Å². The summed E-state index contributed by atoms with van der Waals surface area (Å²) in [4.78, 5) is 8.20. The Bertz CT molecular complexity index is 1050. The van der Waals surface area contributed by atoms with Crippen molar-refractivity contribution < 1.29 is 4.39 Å². The summed E-state index contributed by atoms with van der Waals surface area (Å²) in [6.45, 7) is 4.20. The molecule has 0 saturated carbocycles. The van der Waals surface area contributed by atoms with Crippen molar-refractivity contribution in [3.05, 3.63) is 95.2 Å². The molecule has 1 atom stereocenters. The van der Waals surface area contributed by atoms with E-state index in [1.807, 2.05) is 24.4 Å². The Labute approximate surface area is 158 Å². The molecule has 0 aliphatic heterocycles. The van der Waals surface area contributed by atoms with Crippen LogP contribution in [0, 0.1) is 19.7 Å². The number of fused-ring (bicyclic) bond motifs is 1. The molecule has 4 aromatic rings. The molecular weight excluding hydrogens is 337 g/mol. The van der Waals surface area contributed by atoms with Crippen LogP contribution in [0.2, 0.25) is 0 Å². The Kier molecular flexibility index (Phi) is 4.63. The molecule has 4 rings (SSSR count). The van der Waals surface area contributed by atoms with Crippen LogP contribution < -0.4 is 5.32 Å². The lowest BCUT2D eigenvalue weighted by Crippen LogP contribution is -2.16. The highest BCUT2D eigenvalue weighted by atomic mass is 19.1. The summed E-state index contributed by atoms with van der Waals surface area (Å²) in [5.41, 5.74) is 6.51. The zero-order chi connectivity index (χ0) is 18.8. The van der Waals surface area contributed by atoms with Gasteiger partial charge in [0.15, 0.2) is 0 Å². The lowest BCUT2D eigenvalue weighted by Gasteiger charge is -2.20. The van der Waals surface area contributed by atoms with Gasteiger partial charge in [0, 0.05) is 23.0 Å². The first-order valence-electron chi connectivity index (χ1n) is 9.11. The number of benzene rings is 2. The molecule has 2 heterocycles. The van der Waals surface area contributed by atoms with Gasteiger partial charge in [-0.15, -0.1) is 0 Å². The van der Waals surface area contributed by atoms with Crippen molar-refractivity contribution in [2.24, 2.45) is 0 Å². The maximum absolute atomic E-state index is 13.3. The van der Waals surface area contributed by atoms with E-state index in [2.05, 4.69) is 42.3 Å². The third kappa shape index (κ3) is 3.56. The minimum Gasteiger partial charge on any atom is -0.376 e. The lowest BCUT2D eigenvalue weighted by molar-refractivity contribution is 0.627. The van der Waals surface area contributed by atoms with Crippen LogP contribution in [0.15, 0.2) is 66.9 Å². The first-order chi connectivity index (χ1) is 13.1. The summed E-state index contributed by atoms with van der Waals surface area (Å²) < 4.78 is 13.3. The Morgan fingerprint density at radius 1 is 1.00 bits per heavy atom. The van der Waals surface area contributed by atoms with E-state index in [1.165, 1.54) is 28.6 Å². The van der Waals surface area contributed by atoms with Crippen LogP contribution >= 0.6 is 0 Å². The summed E-state index contributed by atoms with van der Waals surface area (Å²) in [5.74, 6) is -0.240. The van der Waals surface area contributed by atoms with Gasteiger partial charge in [0.05, 0.1) is 17.3 Å². The first kappa shape index (κ1) is 17.3. The van der Waals surface area contributed by atoms with Crippen molar-refractivity contribution in [3.63, 3.8) is 0 Å². The van der Waals surface area contributed by atoms with Crippen LogP contribution in [-0.2, 0) is 6.42 Å². The predicted octanol–water partition coefficient (Wildman–Crippen LogP) is 5.71. The smallest absolute Gasteiger partial charge is 0.123 e. The lowest BCUT2D eigenvalue weighted by atomic mass is 10.0. The molecule has 0 bridgehead atoms. The SMILES string of the molecule is Cc1[nH]c2c(C(Cc3ccccc3)Nc3ccc(F)cc3)nccc2c1C. The second-order valence-corrected chi connectivity index (χ2v) is 6.89. The molecule has 27 heavy (non-hydrogen) atoms. The first-order valence-corrected chi connectivity index (χ1v) is 9.11. The average molecular weight is 359 g/mol. The zero-order valence-corrected chi connectivity index (χ0v) is 15.5. The van der Waals surface area contributed by atoms with Gasteiger partial charge in [0.1, 0.15) is 5.82 Å². The number of hydrogen-bond acceptors (Lipinski definition) is 2. The van der Waals surface area contributed by atoms with Crippen LogP contribution in [-0.4, -0.2) is 9.97 Å². The number of aromatic amines is 1. The molecule has 0 aliphatic rings. The standard InChI is InChI=1S/C23H22FN3/c1-15-16(2)26-22-20(15)12-13-25-23(22)21(14-17-6-4-3-5-7-17)27-19-10-8-18(24)9-11-19/h3-13,21,26-27H,14H2,1-2H3. The molecule has 2 aromatic heterocycles. The largest absolute Gasteiger partial charge is 0.376 e. The summed E-state index contributed by atoms with van der Waals surface area (Å²) in [6, 6.07) is 18.8. The molecule has 2 N–H and O–H groups in total. The number of H-pyrrole nitrogens is 1. The number of halogens is 1. The van der Waals surface area contributed by atoms with Gasteiger partial charge in [0.25, 0.3) is 0 Å². The third-order valence-corrected chi connectivity index (χ3v) is 5.06. The Morgan fingerprint density at radius 2 is 1.74 bits per heavy atom. The van der Waals surface area contributed by atoms with Crippen LogP contribution in [0.3, 0.4) is 0 Å². The van der Waals surface area contributed by atoms with Crippen molar-refractivity contribution in [2.45, 2.75) is 26.3 Å². The molecule has 1 unspecified atom stereocenters. The van der Waals surface area contributed by atoms with Gasteiger partial charge in [-0.2, -0.15) is 0 Å². The molecule has 136 valence electrons. The minimum atomic E-state index is -0.240. The Balaban J connectivity index is 1.77. The van der Waals surface area contributed by atoms with Gasteiger partial charge in [-0.05, 0) is 61.7 Å². The minimum absolute atomic E-state index is 0.0426. The van der Waals surface area contributed by atoms with Crippen LogP contribution in [0.5, 0.6) is 0 Å². The number of aromatic nitrogens is 2. The fourth-order valence-corrected chi connectivity index (χ4v) is 3.48. The van der Waals surface area contributed by atoms with Gasteiger partial charge in [-0.1, -0.05) is 30.3 Å². The summed E-state index contributed by atoms with van der Waals surface area (Å²) in [6.07, 6.45) is 2.64. The highest BCUT2D eigenvalue weighted by Crippen LogP contribution is 2.30. The van der Waals surface area contributed by atoms with E-state index in [4.69, 9.17) is 4.98 Å². The highest BCUT2D eigenvalue weighted by molar-refractivity contribution is 5.86. The van der Waals surface area contributed by atoms with E-state index in [1.54, 1.807) is 12.1 Å². The van der Waals surface area contributed by atoms with Gasteiger partial charge >= 0.3 is 0 Å². The quantitative estimate of drug-likeness (QED) is 0.479. The third-order valence-electron chi connectivity index (χ3n) is 5.06. The van der Waals surface area contributed by atoms with E-state index >= 15 is 0 Å². The maximum atomic E-state index is 13.3. The number of rotatable bonds is 5. The van der Waals surface area contributed by atoms with E-state index in [9.17, 15) is 4.39 Å². The number of nitrogens with one attached hydrogen (secondary N) is 2. The molecular formula is C23H22FN3. The van der Waals surface area contributed by atoms with E-state index in [0.717, 1.165) is 29.0 Å². The normalized spacial score (nSPS) is 12.3. The average Bonchev–Trinajstić information content (AvgIpc) is 2.98. The van der Waals surface area contributed by atoms with Crippen LogP contribution in [0.25, 0.3) is 10.9 Å². The van der Waals surface area contributed by atoms with Crippen molar-refractivity contribution in [1.29, 1.82) is 0 Å².